The van der Waals surface area contributed by atoms with E-state index in [4.69, 9.17) is 20.8 Å². The SMILES string of the molecule is O=C1OC(c2ccccc2Cl)=N/C1=C\c1ccc(CSC(F)F)o1. The second-order valence-electron chi connectivity index (χ2n) is 4.69. The number of thioether (sulfide) groups is 1. The summed E-state index contributed by atoms with van der Waals surface area (Å²) in [6.45, 7) is 0. The minimum absolute atomic E-state index is 0.0411. The molecule has 0 saturated carbocycles. The molecule has 0 N–H and O–H groups in total. The first-order valence-corrected chi connectivity index (χ1v) is 8.21. The molecule has 0 bridgehead atoms. The smallest absolute Gasteiger partial charge is 0.363 e. The highest BCUT2D eigenvalue weighted by molar-refractivity contribution is 7.98. The van der Waals surface area contributed by atoms with Crippen LogP contribution in [0.5, 0.6) is 0 Å². The van der Waals surface area contributed by atoms with Crippen LogP contribution in [0.3, 0.4) is 0 Å². The van der Waals surface area contributed by atoms with Crippen LogP contribution in [0.15, 0.2) is 51.5 Å². The van der Waals surface area contributed by atoms with E-state index >= 15 is 0 Å². The predicted octanol–water partition coefficient (Wildman–Crippen LogP) is 4.73. The van der Waals surface area contributed by atoms with Crippen molar-refractivity contribution in [2.75, 3.05) is 0 Å². The summed E-state index contributed by atoms with van der Waals surface area (Å²) in [5.41, 5.74) is 0.553. The number of halogens is 3. The summed E-state index contributed by atoms with van der Waals surface area (Å²) in [6, 6.07) is 9.99. The molecule has 1 aromatic carbocycles. The average molecular weight is 370 g/mol. The van der Waals surface area contributed by atoms with E-state index in [1.165, 1.54) is 6.08 Å². The number of nitrogens with zero attached hydrogens (tertiary/aromatic N) is 1. The minimum Gasteiger partial charge on any atom is -0.461 e. The van der Waals surface area contributed by atoms with Gasteiger partial charge in [-0.2, -0.15) is 8.78 Å². The zero-order chi connectivity index (χ0) is 17.1. The van der Waals surface area contributed by atoms with Crippen LogP contribution in [0, 0.1) is 0 Å². The van der Waals surface area contributed by atoms with Crippen molar-refractivity contribution in [3.63, 3.8) is 0 Å². The van der Waals surface area contributed by atoms with Gasteiger partial charge in [0.05, 0.1) is 16.3 Å². The minimum atomic E-state index is -2.47. The van der Waals surface area contributed by atoms with Gasteiger partial charge in [0.25, 0.3) is 5.76 Å². The van der Waals surface area contributed by atoms with E-state index < -0.39 is 11.7 Å². The van der Waals surface area contributed by atoms with Crippen LogP contribution in [0.1, 0.15) is 17.1 Å². The standard InChI is InChI=1S/C16H10ClF2NO3S/c17-12-4-2-1-3-11(12)14-20-13(15(21)23-14)7-9-5-6-10(22-9)8-24-16(18)19/h1-7,16H,8H2/b13-7-. The van der Waals surface area contributed by atoms with Gasteiger partial charge >= 0.3 is 5.97 Å². The zero-order valence-electron chi connectivity index (χ0n) is 12.0. The summed E-state index contributed by atoms with van der Waals surface area (Å²) >= 11 is 6.51. The van der Waals surface area contributed by atoms with Gasteiger partial charge in [-0.05, 0) is 24.3 Å². The monoisotopic (exact) mass is 369 g/mol. The number of rotatable bonds is 5. The fourth-order valence-electron chi connectivity index (χ4n) is 1.99. The molecule has 8 heteroatoms. The first-order chi connectivity index (χ1) is 11.5. The molecule has 2 aromatic rings. The predicted molar refractivity (Wildman–Crippen MR) is 88.1 cm³/mol. The van der Waals surface area contributed by atoms with Crippen LogP contribution in [-0.4, -0.2) is 17.6 Å². The van der Waals surface area contributed by atoms with E-state index in [1.807, 2.05) is 0 Å². The molecular weight excluding hydrogens is 360 g/mol. The zero-order valence-corrected chi connectivity index (χ0v) is 13.6. The number of furan rings is 1. The summed E-state index contributed by atoms with van der Waals surface area (Å²) in [4.78, 5) is 16.0. The molecule has 4 nitrogen and oxygen atoms in total. The summed E-state index contributed by atoms with van der Waals surface area (Å²) in [5.74, 6) is -2.24. The van der Waals surface area contributed by atoms with E-state index in [9.17, 15) is 13.6 Å². The molecule has 0 atom stereocenters. The summed E-state index contributed by atoms with van der Waals surface area (Å²) in [6.07, 6.45) is 1.39. The van der Waals surface area contributed by atoms with Crippen molar-refractivity contribution in [1.29, 1.82) is 0 Å². The number of hydrogen-bond donors (Lipinski definition) is 0. The first kappa shape index (κ1) is 16.7. The van der Waals surface area contributed by atoms with Crippen LogP contribution < -0.4 is 0 Å². The van der Waals surface area contributed by atoms with Gasteiger partial charge in [0, 0.05) is 6.08 Å². The Kier molecular flexibility index (Phi) is 5.01. The van der Waals surface area contributed by atoms with E-state index in [-0.39, 0.29) is 17.3 Å². The third kappa shape index (κ3) is 3.85. The molecule has 24 heavy (non-hydrogen) atoms. The number of cyclic esters (lactones) is 1. The first-order valence-electron chi connectivity index (χ1n) is 6.79. The molecule has 124 valence electrons. The average Bonchev–Trinajstić information content (AvgIpc) is 3.13. The Morgan fingerprint density at radius 3 is 2.79 bits per heavy atom. The number of esters is 1. The van der Waals surface area contributed by atoms with Gasteiger partial charge in [-0.25, -0.2) is 9.79 Å². The van der Waals surface area contributed by atoms with Gasteiger partial charge in [0.2, 0.25) is 5.90 Å². The Morgan fingerprint density at radius 1 is 1.25 bits per heavy atom. The third-order valence-electron chi connectivity index (χ3n) is 3.04. The molecule has 0 spiro atoms. The van der Waals surface area contributed by atoms with Crippen LogP contribution in [-0.2, 0) is 15.3 Å². The maximum atomic E-state index is 12.2. The van der Waals surface area contributed by atoms with E-state index in [0.717, 1.165) is 0 Å². The second kappa shape index (κ2) is 7.19. The fraction of sp³-hybridized carbons (Fsp3) is 0.125. The molecule has 2 heterocycles. The van der Waals surface area contributed by atoms with Gasteiger partial charge in [0.15, 0.2) is 5.70 Å². The Labute approximate surface area is 145 Å². The molecule has 0 unspecified atom stereocenters. The molecule has 3 rings (SSSR count). The molecule has 0 radical (unpaired) electrons. The van der Waals surface area contributed by atoms with Gasteiger partial charge < -0.3 is 9.15 Å². The van der Waals surface area contributed by atoms with Gasteiger partial charge in [-0.3, -0.25) is 0 Å². The highest BCUT2D eigenvalue weighted by atomic mass is 35.5. The lowest BCUT2D eigenvalue weighted by Crippen LogP contribution is -2.05. The van der Waals surface area contributed by atoms with E-state index in [0.29, 0.717) is 33.9 Å². The molecule has 1 aromatic heterocycles. The van der Waals surface area contributed by atoms with Crippen LogP contribution in [0.25, 0.3) is 6.08 Å². The third-order valence-corrected chi connectivity index (χ3v) is 4.07. The maximum Gasteiger partial charge on any atom is 0.363 e. The number of alkyl halides is 2. The Hall–Kier alpha value is -2.12. The van der Waals surface area contributed by atoms with Crippen molar-refractivity contribution in [2.45, 2.75) is 11.5 Å². The number of carbonyl (C=O) groups is 1. The number of benzene rings is 1. The van der Waals surface area contributed by atoms with Crippen LogP contribution in [0.4, 0.5) is 8.78 Å². The van der Waals surface area contributed by atoms with Crippen molar-refractivity contribution < 1.29 is 22.7 Å². The molecule has 0 amide bonds. The van der Waals surface area contributed by atoms with Gasteiger partial charge in [-0.15, -0.1) is 0 Å². The number of ether oxygens (including phenoxy) is 1. The Balaban J connectivity index is 1.80. The number of carbonyl (C=O) groups excluding carboxylic acids is 1. The van der Waals surface area contributed by atoms with E-state index in [1.54, 1.807) is 36.4 Å². The molecule has 0 fully saturated rings. The Bertz CT molecular complexity index is 832. The van der Waals surface area contributed by atoms with Gasteiger partial charge in [0.1, 0.15) is 11.5 Å². The van der Waals surface area contributed by atoms with Crippen molar-refractivity contribution in [3.05, 3.63) is 64.2 Å². The van der Waals surface area contributed by atoms with Crippen molar-refractivity contribution in [3.8, 4) is 0 Å². The van der Waals surface area contributed by atoms with Crippen molar-refractivity contribution >= 4 is 41.3 Å². The normalized spacial score (nSPS) is 15.9. The Morgan fingerprint density at radius 2 is 2.04 bits per heavy atom. The second-order valence-corrected chi connectivity index (χ2v) is 6.08. The summed E-state index contributed by atoms with van der Waals surface area (Å²) in [7, 11) is 0. The quantitative estimate of drug-likeness (QED) is 0.564. The van der Waals surface area contributed by atoms with Crippen molar-refractivity contribution in [1.82, 2.24) is 0 Å². The summed E-state index contributed by atoms with van der Waals surface area (Å²) < 4.78 is 34.8. The largest absolute Gasteiger partial charge is 0.461 e. The molecule has 1 aliphatic heterocycles. The van der Waals surface area contributed by atoms with Crippen molar-refractivity contribution in [2.24, 2.45) is 4.99 Å². The van der Waals surface area contributed by atoms with Crippen LogP contribution in [0.2, 0.25) is 5.02 Å². The maximum absolute atomic E-state index is 12.2. The molecular formula is C16H10ClF2NO3S. The summed E-state index contributed by atoms with van der Waals surface area (Å²) in [5, 5.41) is 0.412. The van der Waals surface area contributed by atoms with E-state index in [2.05, 4.69) is 4.99 Å². The number of hydrogen-bond acceptors (Lipinski definition) is 5. The topological polar surface area (TPSA) is 51.8 Å². The fourth-order valence-corrected chi connectivity index (χ4v) is 2.65. The van der Waals surface area contributed by atoms with Gasteiger partial charge in [-0.1, -0.05) is 35.5 Å². The lowest BCUT2D eigenvalue weighted by atomic mass is 10.2. The molecule has 1 aliphatic rings. The highest BCUT2D eigenvalue weighted by Gasteiger charge is 2.25. The molecule has 0 aliphatic carbocycles. The highest BCUT2D eigenvalue weighted by Crippen LogP contribution is 2.25. The lowest BCUT2D eigenvalue weighted by Gasteiger charge is -2.00. The molecule has 0 saturated heterocycles. The van der Waals surface area contributed by atoms with Crippen LogP contribution >= 0.6 is 23.4 Å². The lowest BCUT2D eigenvalue weighted by molar-refractivity contribution is -0.129. The number of aliphatic imine (C=N–C) groups is 1.